The number of aliphatic hydroxyl groups excluding tert-OH is 1. The molecule has 19 heavy (non-hydrogen) atoms. The van der Waals surface area contributed by atoms with E-state index in [2.05, 4.69) is 10.6 Å². The summed E-state index contributed by atoms with van der Waals surface area (Å²) >= 11 is 0. The van der Waals surface area contributed by atoms with Crippen LogP contribution in [0.4, 0.5) is 0 Å². The van der Waals surface area contributed by atoms with Crippen LogP contribution in [0, 0.1) is 6.92 Å². The van der Waals surface area contributed by atoms with Crippen molar-refractivity contribution in [2.24, 2.45) is 0 Å². The van der Waals surface area contributed by atoms with Gasteiger partial charge in [-0.15, -0.1) is 0 Å². The average molecular weight is 262 g/mol. The van der Waals surface area contributed by atoms with Crippen LogP contribution in [-0.2, 0) is 4.79 Å². The van der Waals surface area contributed by atoms with Crippen molar-refractivity contribution in [1.82, 2.24) is 10.6 Å². The summed E-state index contributed by atoms with van der Waals surface area (Å²) in [5.41, 5.74) is 1.92. The van der Waals surface area contributed by atoms with Crippen molar-refractivity contribution in [3.05, 3.63) is 35.4 Å². The van der Waals surface area contributed by atoms with Crippen LogP contribution in [0.2, 0.25) is 0 Å². The fraction of sp³-hybridized carbons (Fsp3) is 0.533. The minimum atomic E-state index is -0.645. The number of piperidine rings is 1. The Labute approximate surface area is 114 Å². The highest BCUT2D eigenvalue weighted by Crippen LogP contribution is 2.16. The summed E-state index contributed by atoms with van der Waals surface area (Å²) in [4.78, 5) is 11.9. The molecule has 0 radical (unpaired) electrons. The predicted octanol–water partition coefficient (Wildman–Crippen LogP) is 1.29. The molecule has 0 aromatic heterocycles. The van der Waals surface area contributed by atoms with Crippen LogP contribution in [-0.4, -0.2) is 30.1 Å². The van der Waals surface area contributed by atoms with E-state index in [1.807, 2.05) is 31.2 Å². The van der Waals surface area contributed by atoms with Gasteiger partial charge in [-0.3, -0.25) is 4.79 Å². The molecule has 0 aliphatic carbocycles. The van der Waals surface area contributed by atoms with Crippen LogP contribution in [0.5, 0.6) is 0 Å². The van der Waals surface area contributed by atoms with Gasteiger partial charge in [-0.2, -0.15) is 0 Å². The molecule has 1 aromatic rings. The molecule has 1 heterocycles. The number of carbonyl (C=O) groups is 1. The summed E-state index contributed by atoms with van der Waals surface area (Å²) < 4.78 is 0. The third kappa shape index (κ3) is 3.78. The molecule has 4 heteroatoms. The molecule has 1 aliphatic rings. The Kier molecular flexibility index (Phi) is 4.93. The summed E-state index contributed by atoms with van der Waals surface area (Å²) in [5, 5.41) is 16.1. The summed E-state index contributed by atoms with van der Waals surface area (Å²) in [6, 6.07) is 7.60. The summed E-state index contributed by atoms with van der Waals surface area (Å²) in [7, 11) is 0. The summed E-state index contributed by atoms with van der Waals surface area (Å²) in [6.07, 6.45) is 2.46. The second kappa shape index (κ2) is 6.68. The number of rotatable bonds is 4. The molecule has 0 bridgehead atoms. The molecule has 1 aromatic carbocycles. The lowest BCUT2D eigenvalue weighted by molar-refractivity contribution is -0.124. The van der Waals surface area contributed by atoms with E-state index in [0.717, 1.165) is 36.9 Å². The van der Waals surface area contributed by atoms with Gasteiger partial charge in [-0.05, 0) is 37.4 Å². The SMILES string of the molecule is Cc1ccccc1C(O)CNC(=O)C1CCCCN1. The molecule has 3 N–H and O–H groups in total. The highest BCUT2D eigenvalue weighted by Gasteiger charge is 2.21. The molecule has 2 rings (SSSR count). The van der Waals surface area contributed by atoms with E-state index in [1.54, 1.807) is 0 Å². The number of nitrogens with one attached hydrogen (secondary N) is 2. The maximum Gasteiger partial charge on any atom is 0.237 e. The fourth-order valence-corrected chi connectivity index (χ4v) is 2.47. The van der Waals surface area contributed by atoms with Crippen molar-refractivity contribution in [2.45, 2.75) is 38.3 Å². The quantitative estimate of drug-likeness (QED) is 0.766. The first kappa shape index (κ1) is 14.0. The molecule has 1 aliphatic heterocycles. The predicted molar refractivity (Wildman–Crippen MR) is 74.8 cm³/mol. The first-order chi connectivity index (χ1) is 9.18. The Morgan fingerprint density at radius 2 is 2.26 bits per heavy atom. The van der Waals surface area contributed by atoms with Gasteiger partial charge in [0, 0.05) is 6.54 Å². The zero-order chi connectivity index (χ0) is 13.7. The molecule has 1 saturated heterocycles. The van der Waals surface area contributed by atoms with Gasteiger partial charge in [0.1, 0.15) is 0 Å². The molecule has 0 spiro atoms. The molecule has 1 fully saturated rings. The number of benzene rings is 1. The van der Waals surface area contributed by atoms with Crippen LogP contribution >= 0.6 is 0 Å². The molecule has 104 valence electrons. The average Bonchev–Trinajstić information content (AvgIpc) is 2.46. The molecular weight excluding hydrogens is 240 g/mol. The van der Waals surface area contributed by atoms with Crippen molar-refractivity contribution in [3.8, 4) is 0 Å². The maximum atomic E-state index is 11.9. The lowest BCUT2D eigenvalue weighted by Crippen LogP contribution is -2.47. The number of hydrogen-bond acceptors (Lipinski definition) is 3. The topological polar surface area (TPSA) is 61.4 Å². The van der Waals surface area contributed by atoms with Crippen LogP contribution in [0.1, 0.15) is 36.5 Å². The van der Waals surface area contributed by atoms with Gasteiger partial charge in [-0.1, -0.05) is 30.7 Å². The Balaban J connectivity index is 1.84. The molecule has 0 saturated carbocycles. The highest BCUT2D eigenvalue weighted by molar-refractivity contribution is 5.81. The van der Waals surface area contributed by atoms with E-state index in [-0.39, 0.29) is 18.5 Å². The van der Waals surface area contributed by atoms with Gasteiger partial charge < -0.3 is 15.7 Å². The van der Waals surface area contributed by atoms with Crippen LogP contribution in [0.3, 0.4) is 0 Å². The zero-order valence-corrected chi connectivity index (χ0v) is 11.4. The monoisotopic (exact) mass is 262 g/mol. The fourth-order valence-electron chi connectivity index (χ4n) is 2.47. The van der Waals surface area contributed by atoms with Gasteiger partial charge in [0.25, 0.3) is 0 Å². The number of amides is 1. The van der Waals surface area contributed by atoms with Crippen LogP contribution in [0.15, 0.2) is 24.3 Å². The second-order valence-electron chi connectivity index (χ2n) is 5.12. The first-order valence-corrected chi connectivity index (χ1v) is 6.93. The number of aryl methyl sites for hydroxylation is 1. The minimum Gasteiger partial charge on any atom is -0.387 e. The van der Waals surface area contributed by atoms with Gasteiger partial charge >= 0.3 is 0 Å². The van der Waals surface area contributed by atoms with Crippen molar-refractivity contribution in [1.29, 1.82) is 0 Å². The van der Waals surface area contributed by atoms with Gasteiger partial charge in [0.15, 0.2) is 0 Å². The Morgan fingerprint density at radius 1 is 1.47 bits per heavy atom. The third-order valence-electron chi connectivity index (χ3n) is 3.64. The van der Waals surface area contributed by atoms with E-state index < -0.39 is 6.10 Å². The molecule has 4 nitrogen and oxygen atoms in total. The van der Waals surface area contributed by atoms with Gasteiger partial charge in [0.2, 0.25) is 5.91 Å². The van der Waals surface area contributed by atoms with E-state index in [4.69, 9.17) is 0 Å². The molecule has 1 amide bonds. The third-order valence-corrected chi connectivity index (χ3v) is 3.64. The normalized spacial score (nSPS) is 20.8. The Morgan fingerprint density at radius 3 is 2.95 bits per heavy atom. The van der Waals surface area contributed by atoms with Crippen LogP contribution in [0.25, 0.3) is 0 Å². The van der Waals surface area contributed by atoms with Crippen molar-refractivity contribution in [3.63, 3.8) is 0 Å². The van der Waals surface area contributed by atoms with Crippen LogP contribution < -0.4 is 10.6 Å². The minimum absolute atomic E-state index is 0.00710. The maximum absolute atomic E-state index is 11.9. The zero-order valence-electron chi connectivity index (χ0n) is 11.4. The largest absolute Gasteiger partial charge is 0.387 e. The number of aliphatic hydroxyl groups is 1. The first-order valence-electron chi connectivity index (χ1n) is 6.93. The Bertz CT molecular complexity index is 428. The molecule has 2 unspecified atom stereocenters. The van der Waals surface area contributed by atoms with Crippen molar-refractivity contribution >= 4 is 5.91 Å². The van der Waals surface area contributed by atoms with E-state index >= 15 is 0 Å². The lowest BCUT2D eigenvalue weighted by Gasteiger charge is -2.23. The molecular formula is C15H22N2O2. The second-order valence-corrected chi connectivity index (χ2v) is 5.12. The van der Waals surface area contributed by atoms with Crippen molar-refractivity contribution in [2.75, 3.05) is 13.1 Å². The van der Waals surface area contributed by atoms with Gasteiger partial charge in [-0.25, -0.2) is 0 Å². The standard InChI is InChI=1S/C15H22N2O2/c1-11-6-2-3-7-12(11)14(18)10-17-15(19)13-8-4-5-9-16-13/h2-3,6-7,13-14,16,18H,4-5,8-10H2,1H3,(H,17,19). The highest BCUT2D eigenvalue weighted by atomic mass is 16.3. The van der Waals surface area contributed by atoms with Crippen molar-refractivity contribution < 1.29 is 9.90 Å². The van der Waals surface area contributed by atoms with E-state index in [9.17, 15) is 9.90 Å². The number of hydrogen-bond donors (Lipinski definition) is 3. The number of carbonyl (C=O) groups excluding carboxylic acids is 1. The van der Waals surface area contributed by atoms with E-state index in [1.165, 1.54) is 0 Å². The summed E-state index contributed by atoms with van der Waals surface area (Å²) in [6.45, 7) is 3.13. The van der Waals surface area contributed by atoms with Gasteiger partial charge in [0.05, 0.1) is 12.1 Å². The van der Waals surface area contributed by atoms with E-state index in [0.29, 0.717) is 0 Å². The Hall–Kier alpha value is -1.39. The lowest BCUT2D eigenvalue weighted by atomic mass is 10.0. The smallest absolute Gasteiger partial charge is 0.237 e. The summed E-state index contributed by atoms with van der Waals surface area (Å²) in [5.74, 6) is -0.00710. The molecule has 2 atom stereocenters.